The highest BCUT2D eigenvalue weighted by atomic mass is 32.2. The third-order valence-electron chi connectivity index (χ3n) is 7.23. The van der Waals surface area contributed by atoms with Crippen molar-refractivity contribution in [3.63, 3.8) is 0 Å². The fourth-order valence-electron chi connectivity index (χ4n) is 5.36. The van der Waals surface area contributed by atoms with Crippen molar-refractivity contribution in [1.29, 1.82) is 0 Å². The molecule has 16 nitrogen and oxygen atoms in total. The summed E-state index contributed by atoms with van der Waals surface area (Å²) in [6.45, 7) is 0. The SMILES string of the molecule is Cn1nc(C(N)=O)c2c1-c1nc(-n3cccn3)ncc1CC2.Cn1nc(C(N)=O)c2c1-c1nc(S(C)(=O)=O)ncc1CC2. The van der Waals surface area contributed by atoms with Crippen LogP contribution >= 0.6 is 0 Å². The van der Waals surface area contributed by atoms with Gasteiger partial charge in [0.05, 0.1) is 22.8 Å². The predicted molar refractivity (Wildman–Crippen MR) is 151 cm³/mol. The summed E-state index contributed by atoms with van der Waals surface area (Å²) < 4.78 is 28.0. The lowest BCUT2D eigenvalue weighted by Crippen LogP contribution is -2.16. The Morgan fingerprint density at radius 3 is 1.84 bits per heavy atom. The summed E-state index contributed by atoms with van der Waals surface area (Å²) in [5.74, 6) is -0.632. The van der Waals surface area contributed by atoms with Gasteiger partial charge in [0, 0.05) is 56.3 Å². The second-order valence-corrected chi connectivity index (χ2v) is 12.0. The Morgan fingerprint density at radius 2 is 1.35 bits per heavy atom. The number of fused-ring (bicyclic) bond motifs is 6. The first-order valence-electron chi connectivity index (χ1n) is 13.1. The molecule has 5 heterocycles. The van der Waals surface area contributed by atoms with Gasteiger partial charge in [-0.15, -0.1) is 0 Å². The number of hydrogen-bond donors (Lipinski definition) is 2. The first-order valence-corrected chi connectivity index (χ1v) is 15.0. The molecule has 0 unspecified atom stereocenters. The number of hydrogen-bond acceptors (Lipinski definition) is 11. The van der Waals surface area contributed by atoms with Crippen molar-refractivity contribution in [2.45, 2.75) is 30.8 Å². The van der Waals surface area contributed by atoms with Crippen LogP contribution in [0.15, 0.2) is 36.0 Å². The second kappa shape index (κ2) is 10.2. The minimum absolute atomic E-state index is 0.206. The summed E-state index contributed by atoms with van der Waals surface area (Å²) >= 11 is 0. The smallest absolute Gasteiger partial charge is 0.269 e. The van der Waals surface area contributed by atoms with E-state index in [1.165, 1.54) is 10.9 Å². The highest BCUT2D eigenvalue weighted by Crippen LogP contribution is 2.34. The Hall–Kier alpha value is -5.32. The van der Waals surface area contributed by atoms with Crippen LogP contribution < -0.4 is 11.5 Å². The van der Waals surface area contributed by atoms with Crippen molar-refractivity contribution in [1.82, 2.24) is 49.3 Å². The molecule has 43 heavy (non-hydrogen) atoms. The standard InChI is InChI=1S/C14H13N7O.C12H13N5O3S/c1-20-12-9(11(19-20)13(15)22)4-3-8-7-16-14(18-10(8)12)21-6-2-5-17-21;1-17-10-7(9(16-17)11(13)18)4-3-6-5-14-12(15-8(6)10)21(2,19)20/h2,5-7H,3-4H2,1H3,(H2,15,22);5H,3-4H2,1-2H3,(H2,13,18). The van der Waals surface area contributed by atoms with Crippen LogP contribution in [0.3, 0.4) is 0 Å². The van der Waals surface area contributed by atoms with Crippen LogP contribution in [0, 0.1) is 0 Å². The number of sulfone groups is 1. The second-order valence-electron chi connectivity index (χ2n) is 10.1. The molecule has 5 aromatic heterocycles. The molecule has 0 aromatic carbocycles. The van der Waals surface area contributed by atoms with Crippen molar-refractivity contribution < 1.29 is 18.0 Å². The highest BCUT2D eigenvalue weighted by molar-refractivity contribution is 7.90. The van der Waals surface area contributed by atoms with E-state index in [1.54, 1.807) is 42.0 Å². The van der Waals surface area contributed by atoms with Crippen LogP contribution in [0.25, 0.3) is 28.7 Å². The van der Waals surface area contributed by atoms with E-state index in [9.17, 15) is 18.0 Å². The van der Waals surface area contributed by atoms with E-state index in [2.05, 4.69) is 35.2 Å². The van der Waals surface area contributed by atoms with Gasteiger partial charge in [-0.05, 0) is 42.9 Å². The van der Waals surface area contributed by atoms with Gasteiger partial charge in [-0.25, -0.2) is 33.0 Å². The fourth-order valence-corrected chi connectivity index (χ4v) is 5.86. The maximum atomic E-state index is 11.6. The minimum atomic E-state index is -3.50. The average molecular weight is 603 g/mol. The van der Waals surface area contributed by atoms with Gasteiger partial charge in [0.1, 0.15) is 0 Å². The van der Waals surface area contributed by atoms with E-state index in [1.807, 2.05) is 6.07 Å². The van der Waals surface area contributed by atoms with E-state index < -0.39 is 21.7 Å². The lowest BCUT2D eigenvalue weighted by molar-refractivity contribution is 0.0985. The number of nitrogens with two attached hydrogens (primary N) is 2. The lowest BCUT2D eigenvalue weighted by Gasteiger charge is -2.16. The molecule has 0 bridgehead atoms. The minimum Gasteiger partial charge on any atom is -0.364 e. The summed E-state index contributed by atoms with van der Waals surface area (Å²) in [6, 6.07) is 1.81. The zero-order valence-electron chi connectivity index (χ0n) is 23.4. The van der Waals surface area contributed by atoms with Crippen molar-refractivity contribution >= 4 is 21.7 Å². The quantitative estimate of drug-likeness (QED) is 0.255. The number of nitrogens with zero attached hydrogens (tertiary/aromatic N) is 10. The van der Waals surface area contributed by atoms with Crippen LogP contribution in [-0.2, 0) is 49.6 Å². The highest BCUT2D eigenvalue weighted by Gasteiger charge is 2.30. The molecule has 0 fully saturated rings. The van der Waals surface area contributed by atoms with Gasteiger partial charge in [0.25, 0.3) is 17.8 Å². The maximum Gasteiger partial charge on any atom is 0.269 e. The molecular weight excluding hydrogens is 576 g/mol. The Labute approximate surface area is 244 Å². The molecule has 0 saturated carbocycles. The predicted octanol–water partition coefficient (Wildman–Crippen LogP) is -0.262. The van der Waals surface area contributed by atoms with Gasteiger partial charge in [0.2, 0.25) is 15.0 Å². The normalized spacial score (nSPS) is 13.2. The molecule has 0 aliphatic heterocycles. The molecule has 2 aliphatic carbocycles. The largest absolute Gasteiger partial charge is 0.364 e. The van der Waals surface area contributed by atoms with E-state index in [0.717, 1.165) is 40.8 Å². The van der Waals surface area contributed by atoms with Crippen molar-refractivity contribution in [2.75, 3.05) is 6.26 Å². The average Bonchev–Trinajstić information content (AvgIpc) is 3.70. The molecule has 5 aromatic rings. The monoisotopic (exact) mass is 602 g/mol. The van der Waals surface area contributed by atoms with E-state index in [0.29, 0.717) is 47.9 Å². The summed E-state index contributed by atoms with van der Waals surface area (Å²) in [5, 5.41) is 12.3. The molecular formula is C26H26N12O4S. The molecule has 4 N–H and O–H groups in total. The third-order valence-corrected chi connectivity index (χ3v) is 8.09. The molecule has 0 atom stereocenters. The Kier molecular flexibility index (Phi) is 6.60. The molecule has 0 spiro atoms. The van der Waals surface area contributed by atoms with Gasteiger partial charge >= 0.3 is 0 Å². The van der Waals surface area contributed by atoms with Crippen LogP contribution in [0.4, 0.5) is 0 Å². The summed E-state index contributed by atoms with van der Waals surface area (Å²) in [6.07, 6.45) is 10.5. The number of primary amides is 2. The lowest BCUT2D eigenvalue weighted by atomic mass is 9.93. The first kappa shape index (κ1) is 27.8. The van der Waals surface area contributed by atoms with E-state index in [4.69, 9.17) is 11.5 Å². The molecule has 17 heteroatoms. The Bertz CT molecular complexity index is 2040. The summed E-state index contributed by atoms with van der Waals surface area (Å²) in [4.78, 5) is 40.0. The van der Waals surface area contributed by atoms with Gasteiger partial charge < -0.3 is 11.5 Å². The molecule has 0 radical (unpaired) electrons. The number of carbonyl (C=O) groups is 2. The number of aryl methyl sites for hydroxylation is 4. The van der Waals surface area contributed by atoms with E-state index in [-0.39, 0.29) is 10.9 Å². The topological polar surface area (TPSA) is 225 Å². The number of aromatic nitrogens is 10. The molecule has 2 amide bonds. The Morgan fingerprint density at radius 1 is 0.814 bits per heavy atom. The summed E-state index contributed by atoms with van der Waals surface area (Å²) in [7, 11) is -0.0477. The number of carbonyl (C=O) groups excluding carboxylic acids is 2. The maximum absolute atomic E-state index is 11.6. The molecule has 2 aliphatic rings. The first-order chi connectivity index (χ1) is 20.4. The van der Waals surface area contributed by atoms with Crippen molar-refractivity contribution in [2.24, 2.45) is 25.6 Å². The molecule has 0 saturated heterocycles. The zero-order chi connectivity index (χ0) is 30.6. The van der Waals surface area contributed by atoms with Gasteiger partial charge in [-0.3, -0.25) is 19.0 Å². The van der Waals surface area contributed by atoms with Crippen molar-refractivity contribution in [3.8, 4) is 28.7 Å². The zero-order valence-corrected chi connectivity index (χ0v) is 24.2. The van der Waals surface area contributed by atoms with Gasteiger partial charge in [-0.2, -0.15) is 15.3 Å². The van der Waals surface area contributed by atoms with Gasteiger partial charge in [-0.1, -0.05) is 0 Å². The van der Waals surface area contributed by atoms with Gasteiger partial charge in [0.15, 0.2) is 11.4 Å². The van der Waals surface area contributed by atoms with Crippen LogP contribution in [0.2, 0.25) is 0 Å². The molecule has 220 valence electrons. The number of rotatable bonds is 4. The third kappa shape index (κ3) is 4.82. The number of amides is 2. The van der Waals surface area contributed by atoms with Crippen molar-refractivity contribution in [3.05, 3.63) is 64.5 Å². The Balaban J connectivity index is 0.000000153. The summed E-state index contributed by atoms with van der Waals surface area (Å²) in [5.41, 5.74) is 17.4. The molecule has 7 rings (SSSR count). The van der Waals surface area contributed by atoms with Crippen LogP contribution in [0.1, 0.15) is 43.2 Å². The fraction of sp³-hybridized carbons (Fsp3) is 0.269. The van der Waals surface area contributed by atoms with E-state index >= 15 is 0 Å². The van der Waals surface area contributed by atoms with Crippen LogP contribution in [0.5, 0.6) is 0 Å². The van der Waals surface area contributed by atoms with Crippen LogP contribution in [-0.4, -0.2) is 75.8 Å².